The Morgan fingerprint density at radius 3 is 2.86 bits per heavy atom. The van der Waals surface area contributed by atoms with Crippen LogP contribution in [0.1, 0.15) is 26.7 Å². The molecule has 1 aromatic rings. The molecule has 0 radical (unpaired) electrons. The van der Waals surface area contributed by atoms with E-state index in [4.69, 9.17) is 4.74 Å². The number of piperidine rings is 1. The maximum atomic E-state index is 13.1. The Morgan fingerprint density at radius 2 is 2.19 bits per heavy atom. The second-order valence-corrected chi connectivity index (χ2v) is 5.34. The minimum absolute atomic E-state index is 0.0576. The largest absolute Gasteiger partial charge is 0.481 e. The van der Waals surface area contributed by atoms with Crippen LogP contribution in [0.4, 0.5) is 8.78 Å². The molecule has 0 aliphatic carbocycles. The molecule has 1 amide bonds. The monoisotopic (exact) mass is 298 g/mol. The summed E-state index contributed by atoms with van der Waals surface area (Å²) in [7, 11) is 0. The lowest BCUT2D eigenvalue weighted by Crippen LogP contribution is -2.54. The molecular formula is C15H20F2N2O2. The van der Waals surface area contributed by atoms with E-state index in [2.05, 4.69) is 10.6 Å². The van der Waals surface area contributed by atoms with Crippen molar-refractivity contribution >= 4 is 5.91 Å². The van der Waals surface area contributed by atoms with Gasteiger partial charge in [0.05, 0.1) is 0 Å². The fraction of sp³-hybridized carbons (Fsp3) is 0.533. The highest BCUT2D eigenvalue weighted by Gasteiger charge is 2.25. The Labute approximate surface area is 122 Å². The van der Waals surface area contributed by atoms with Crippen molar-refractivity contribution in [2.45, 2.75) is 44.9 Å². The van der Waals surface area contributed by atoms with Crippen molar-refractivity contribution in [3.63, 3.8) is 0 Å². The molecule has 1 heterocycles. The third-order valence-electron chi connectivity index (χ3n) is 3.66. The van der Waals surface area contributed by atoms with Gasteiger partial charge in [0.1, 0.15) is 5.75 Å². The van der Waals surface area contributed by atoms with E-state index in [0.29, 0.717) is 0 Å². The molecular weight excluding hydrogens is 278 g/mol. The van der Waals surface area contributed by atoms with Gasteiger partial charge in [-0.3, -0.25) is 4.79 Å². The van der Waals surface area contributed by atoms with Crippen LogP contribution >= 0.6 is 0 Å². The minimum atomic E-state index is -0.995. The van der Waals surface area contributed by atoms with E-state index in [-0.39, 0.29) is 23.7 Å². The van der Waals surface area contributed by atoms with Gasteiger partial charge >= 0.3 is 0 Å². The smallest absolute Gasteiger partial charge is 0.261 e. The molecule has 3 unspecified atom stereocenters. The molecule has 0 saturated carbocycles. The zero-order valence-electron chi connectivity index (χ0n) is 12.2. The SMILES string of the molecule is CC(Oc1ccc(F)c(F)c1)C(=O)NC1CCCNC1C. The number of hydrogen-bond acceptors (Lipinski definition) is 3. The van der Waals surface area contributed by atoms with Crippen LogP contribution in [0.3, 0.4) is 0 Å². The van der Waals surface area contributed by atoms with Crippen molar-refractivity contribution in [2.24, 2.45) is 0 Å². The predicted molar refractivity (Wildman–Crippen MR) is 75.1 cm³/mol. The molecule has 0 spiro atoms. The molecule has 2 rings (SSSR count). The second kappa shape index (κ2) is 6.85. The van der Waals surface area contributed by atoms with Gasteiger partial charge in [-0.25, -0.2) is 8.78 Å². The number of halogens is 2. The van der Waals surface area contributed by atoms with Crippen molar-refractivity contribution in [3.8, 4) is 5.75 Å². The Balaban J connectivity index is 1.91. The fourth-order valence-corrected chi connectivity index (χ4v) is 2.35. The number of carbonyl (C=O) groups excluding carboxylic acids is 1. The standard InChI is InChI=1S/C15H20F2N2O2/c1-9-14(4-3-7-18-9)19-15(20)10(2)21-11-5-6-12(16)13(17)8-11/h5-6,8-10,14,18H,3-4,7H2,1-2H3,(H,19,20). The first kappa shape index (κ1) is 15.7. The molecule has 0 bridgehead atoms. The van der Waals surface area contributed by atoms with Gasteiger partial charge in [0, 0.05) is 18.2 Å². The number of rotatable bonds is 4. The first-order chi connectivity index (χ1) is 9.97. The molecule has 1 saturated heterocycles. The van der Waals surface area contributed by atoms with E-state index in [1.807, 2.05) is 6.92 Å². The van der Waals surface area contributed by atoms with Crippen LogP contribution in [0, 0.1) is 11.6 Å². The summed E-state index contributed by atoms with van der Waals surface area (Å²) >= 11 is 0. The first-order valence-corrected chi connectivity index (χ1v) is 7.13. The number of carbonyl (C=O) groups is 1. The van der Waals surface area contributed by atoms with Gasteiger partial charge in [0.25, 0.3) is 5.91 Å². The Morgan fingerprint density at radius 1 is 1.43 bits per heavy atom. The van der Waals surface area contributed by atoms with Crippen LogP contribution in [-0.2, 0) is 4.79 Å². The first-order valence-electron chi connectivity index (χ1n) is 7.13. The van der Waals surface area contributed by atoms with E-state index in [0.717, 1.165) is 31.5 Å². The van der Waals surface area contributed by atoms with Crippen LogP contribution < -0.4 is 15.4 Å². The van der Waals surface area contributed by atoms with Crippen molar-refractivity contribution in [2.75, 3.05) is 6.54 Å². The van der Waals surface area contributed by atoms with E-state index < -0.39 is 17.7 Å². The lowest BCUT2D eigenvalue weighted by molar-refractivity contribution is -0.128. The quantitative estimate of drug-likeness (QED) is 0.894. The molecule has 4 nitrogen and oxygen atoms in total. The average Bonchev–Trinajstić information content (AvgIpc) is 2.45. The van der Waals surface area contributed by atoms with Crippen LogP contribution in [-0.4, -0.2) is 30.6 Å². The van der Waals surface area contributed by atoms with Gasteiger partial charge < -0.3 is 15.4 Å². The van der Waals surface area contributed by atoms with Crippen molar-refractivity contribution < 1.29 is 18.3 Å². The van der Waals surface area contributed by atoms with Gasteiger partial charge in [-0.1, -0.05) is 0 Å². The summed E-state index contributed by atoms with van der Waals surface area (Å²) in [6.45, 7) is 4.55. The summed E-state index contributed by atoms with van der Waals surface area (Å²) in [6.07, 6.45) is 1.15. The Bertz CT molecular complexity index is 510. The molecule has 1 aromatic carbocycles. The molecule has 2 N–H and O–H groups in total. The summed E-state index contributed by atoms with van der Waals surface area (Å²) in [5.41, 5.74) is 0. The molecule has 1 aliphatic rings. The van der Waals surface area contributed by atoms with E-state index in [9.17, 15) is 13.6 Å². The zero-order valence-corrected chi connectivity index (χ0v) is 12.2. The molecule has 0 aromatic heterocycles. The van der Waals surface area contributed by atoms with Gasteiger partial charge in [0.2, 0.25) is 0 Å². The highest BCUT2D eigenvalue weighted by atomic mass is 19.2. The summed E-state index contributed by atoms with van der Waals surface area (Å²) in [6, 6.07) is 3.47. The third-order valence-corrected chi connectivity index (χ3v) is 3.66. The van der Waals surface area contributed by atoms with Crippen LogP contribution in [0.25, 0.3) is 0 Å². The Hall–Kier alpha value is -1.69. The Kier molecular flexibility index (Phi) is 5.12. The van der Waals surface area contributed by atoms with E-state index >= 15 is 0 Å². The lowest BCUT2D eigenvalue weighted by atomic mass is 10.00. The lowest BCUT2D eigenvalue weighted by Gasteiger charge is -2.31. The zero-order chi connectivity index (χ0) is 15.4. The molecule has 116 valence electrons. The second-order valence-electron chi connectivity index (χ2n) is 5.34. The predicted octanol–water partition coefficient (Wildman–Crippen LogP) is 1.99. The van der Waals surface area contributed by atoms with E-state index in [1.165, 1.54) is 6.07 Å². The average molecular weight is 298 g/mol. The van der Waals surface area contributed by atoms with Crippen molar-refractivity contribution in [3.05, 3.63) is 29.8 Å². The van der Waals surface area contributed by atoms with Gasteiger partial charge in [-0.2, -0.15) is 0 Å². The number of nitrogens with one attached hydrogen (secondary N) is 2. The number of hydrogen-bond donors (Lipinski definition) is 2. The highest BCUT2D eigenvalue weighted by molar-refractivity contribution is 5.81. The molecule has 21 heavy (non-hydrogen) atoms. The van der Waals surface area contributed by atoms with E-state index in [1.54, 1.807) is 6.92 Å². The fourth-order valence-electron chi connectivity index (χ4n) is 2.35. The van der Waals surface area contributed by atoms with Gasteiger partial charge in [-0.05, 0) is 45.4 Å². The summed E-state index contributed by atoms with van der Waals surface area (Å²) < 4.78 is 31.3. The maximum Gasteiger partial charge on any atom is 0.261 e. The van der Waals surface area contributed by atoms with Crippen LogP contribution in [0.2, 0.25) is 0 Å². The summed E-state index contributed by atoms with van der Waals surface area (Å²) in [5, 5.41) is 6.21. The normalized spacial score (nSPS) is 23.4. The summed E-state index contributed by atoms with van der Waals surface area (Å²) in [4.78, 5) is 12.1. The van der Waals surface area contributed by atoms with Gasteiger partial charge in [-0.15, -0.1) is 0 Å². The molecule has 3 atom stereocenters. The number of ether oxygens (including phenoxy) is 1. The van der Waals surface area contributed by atoms with Crippen LogP contribution in [0.15, 0.2) is 18.2 Å². The summed E-state index contributed by atoms with van der Waals surface area (Å²) in [5.74, 6) is -2.07. The van der Waals surface area contributed by atoms with Crippen LogP contribution in [0.5, 0.6) is 5.75 Å². The molecule has 1 fully saturated rings. The third kappa shape index (κ3) is 4.14. The minimum Gasteiger partial charge on any atom is -0.481 e. The molecule has 1 aliphatic heterocycles. The topological polar surface area (TPSA) is 50.4 Å². The van der Waals surface area contributed by atoms with Gasteiger partial charge in [0.15, 0.2) is 17.7 Å². The van der Waals surface area contributed by atoms with Crippen molar-refractivity contribution in [1.82, 2.24) is 10.6 Å². The van der Waals surface area contributed by atoms with Crippen molar-refractivity contribution in [1.29, 1.82) is 0 Å². The highest BCUT2D eigenvalue weighted by Crippen LogP contribution is 2.17. The number of amides is 1. The number of benzene rings is 1. The molecule has 6 heteroatoms. The maximum absolute atomic E-state index is 13.1.